The number of thiocarbonyl (C=S) groups is 1. The molecule has 25 heavy (non-hydrogen) atoms. The first-order valence-electron chi connectivity index (χ1n) is 8.00. The molecule has 2 amide bonds. The summed E-state index contributed by atoms with van der Waals surface area (Å²) in [5, 5.41) is 3.85. The van der Waals surface area contributed by atoms with Gasteiger partial charge in [-0.2, -0.15) is 0 Å². The van der Waals surface area contributed by atoms with Crippen molar-refractivity contribution < 1.29 is 14.6 Å². The minimum Gasteiger partial charge on any atom is -0.361 e. The first kappa shape index (κ1) is 17.0. The molecule has 0 radical (unpaired) electrons. The highest BCUT2D eigenvalue weighted by molar-refractivity contribution is 7.80. The Bertz CT molecular complexity index is 871. The van der Waals surface area contributed by atoms with E-state index in [0.717, 1.165) is 11.9 Å². The smallest absolute Gasteiger partial charge is 0.251 e. The summed E-state index contributed by atoms with van der Waals surface area (Å²) in [4.78, 5) is 32.1. The average Bonchev–Trinajstić information content (AvgIpc) is 3.01. The molecule has 0 saturated carbocycles. The standard InChI is InChI=1S/C18H18N4O2S/c1-2-9-22-17(24)14(16(23)21-18(22)25)11-19-8-7-12-10-20-15-6-4-3-5-13(12)15/h2-6,10-11,14,20H,1,7-9H2,(H,21,23,25)/p+1. The van der Waals surface area contributed by atoms with Gasteiger partial charge in [0.2, 0.25) is 5.91 Å². The number of carbonyl (C=O) groups is 2. The molecule has 0 bridgehead atoms. The van der Waals surface area contributed by atoms with Gasteiger partial charge in [0.1, 0.15) is 6.54 Å². The van der Waals surface area contributed by atoms with Crippen LogP contribution in [-0.4, -0.2) is 46.1 Å². The average molecular weight is 355 g/mol. The Morgan fingerprint density at radius 3 is 2.92 bits per heavy atom. The Labute approximate surface area is 150 Å². The van der Waals surface area contributed by atoms with E-state index in [1.165, 1.54) is 22.1 Å². The van der Waals surface area contributed by atoms with Gasteiger partial charge in [0.05, 0.1) is 0 Å². The van der Waals surface area contributed by atoms with Crippen molar-refractivity contribution in [3.63, 3.8) is 0 Å². The zero-order valence-electron chi connectivity index (χ0n) is 13.6. The lowest BCUT2D eigenvalue weighted by Gasteiger charge is -2.28. The third-order valence-corrected chi connectivity index (χ3v) is 4.42. The Morgan fingerprint density at radius 2 is 2.12 bits per heavy atom. The fraction of sp³-hybridized carbons (Fsp3) is 0.222. The Balaban J connectivity index is 1.65. The SMILES string of the molecule is C=CCN1C(=O)C(C=[NH+]CCc2c[nH]c3ccccc23)C(=O)NC1=S. The molecule has 7 heteroatoms. The van der Waals surface area contributed by atoms with Crippen molar-refractivity contribution in [2.45, 2.75) is 6.42 Å². The fourth-order valence-electron chi connectivity index (χ4n) is 2.83. The lowest BCUT2D eigenvalue weighted by molar-refractivity contribution is -0.452. The number of aromatic nitrogens is 1. The van der Waals surface area contributed by atoms with Crippen molar-refractivity contribution in [1.82, 2.24) is 15.2 Å². The van der Waals surface area contributed by atoms with E-state index in [2.05, 4.69) is 27.9 Å². The summed E-state index contributed by atoms with van der Waals surface area (Å²) in [7, 11) is 0. The topological polar surface area (TPSA) is 79.2 Å². The third-order valence-electron chi connectivity index (χ3n) is 4.10. The summed E-state index contributed by atoms with van der Waals surface area (Å²) < 4.78 is 0. The molecule has 1 aromatic carbocycles. The van der Waals surface area contributed by atoms with Crippen LogP contribution in [0.1, 0.15) is 5.56 Å². The molecule has 3 N–H and O–H groups in total. The van der Waals surface area contributed by atoms with E-state index in [-0.39, 0.29) is 17.6 Å². The third kappa shape index (κ3) is 3.51. The molecule has 1 saturated heterocycles. The summed E-state index contributed by atoms with van der Waals surface area (Å²) in [6.07, 6.45) is 5.86. The van der Waals surface area contributed by atoms with Crippen molar-refractivity contribution in [1.29, 1.82) is 0 Å². The quantitative estimate of drug-likeness (QED) is 0.293. The summed E-state index contributed by atoms with van der Waals surface area (Å²) in [5.74, 6) is -1.64. The van der Waals surface area contributed by atoms with Crippen LogP contribution in [0, 0.1) is 5.92 Å². The minimum atomic E-state index is -0.894. The molecule has 6 nitrogen and oxygen atoms in total. The molecule has 0 aliphatic carbocycles. The van der Waals surface area contributed by atoms with Gasteiger partial charge < -0.3 is 10.3 Å². The number of hydrogen-bond acceptors (Lipinski definition) is 3. The number of para-hydroxylation sites is 1. The Morgan fingerprint density at radius 1 is 1.32 bits per heavy atom. The van der Waals surface area contributed by atoms with Gasteiger partial charge in [0, 0.05) is 30.1 Å². The van der Waals surface area contributed by atoms with Crippen LogP contribution in [0.15, 0.2) is 43.1 Å². The fourth-order valence-corrected chi connectivity index (χ4v) is 3.09. The van der Waals surface area contributed by atoms with E-state index in [0.29, 0.717) is 6.54 Å². The van der Waals surface area contributed by atoms with Crippen molar-refractivity contribution in [3.8, 4) is 0 Å². The van der Waals surface area contributed by atoms with Crippen molar-refractivity contribution in [3.05, 3.63) is 48.7 Å². The monoisotopic (exact) mass is 355 g/mol. The first-order valence-corrected chi connectivity index (χ1v) is 8.41. The van der Waals surface area contributed by atoms with E-state index in [9.17, 15) is 9.59 Å². The van der Waals surface area contributed by atoms with Gasteiger partial charge in [0.25, 0.3) is 5.91 Å². The van der Waals surface area contributed by atoms with Gasteiger partial charge in [-0.05, 0) is 23.8 Å². The van der Waals surface area contributed by atoms with Crippen LogP contribution in [-0.2, 0) is 16.0 Å². The van der Waals surface area contributed by atoms with Gasteiger partial charge in [-0.25, -0.2) is 0 Å². The predicted molar refractivity (Wildman–Crippen MR) is 100 cm³/mol. The molecule has 0 spiro atoms. The molecule has 128 valence electrons. The lowest BCUT2D eigenvalue weighted by Crippen LogP contribution is -2.73. The number of nitrogens with one attached hydrogen (secondary N) is 3. The second kappa shape index (κ2) is 7.40. The number of rotatable bonds is 6. The molecule has 1 aliphatic rings. The van der Waals surface area contributed by atoms with Gasteiger partial charge in [-0.1, -0.05) is 24.3 Å². The zero-order valence-corrected chi connectivity index (χ0v) is 14.4. The summed E-state index contributed by atoms with van der Waals surface area (Å²) in [6, 6.07) is 8.08. The van der Waals surface area contributed by atoms with Crippen LogP contribution in [0.4, 0.5) is 0 Å². The van der Waals surface area contributed by atoms with E-state index >= 15 is 0 Å². The van der Waals surface area contributed by atoms with E-state index < -0.39 is 11.8 Å². The summed E-state index contributed by atoms with van der Waals surface area (Å²) >= 11 is 5.02. The second-order valence-electron chi connectivity index (χ2n) is 5.74. The number of benzene rings is 1. The first-order chi connectivity index (χ1) is 12.1. The van der Waals surface area contributed by atoms with Crippen LogP contribution in [0.5, 0.6) is 0 Å². The molecule has 1 unspecified atom stereocenters. The lowest BCUT2D eigenvalue weighted by atomic mass is 10.1. The molecule has 1 aliphatic heterocycles. The molecule has 1 atom stereocenters. The van der Waals surface area contributed by atoms with E-state index in [1.807, 2.05) is 24.4 Å². The molecular formula is C18H19N4O2S+. The number of amides is 2. The number of carbonyl (C=O) groups excluding carboxylic acids is 2. The number of fused-ring (bicyclic) bond motifs is 1. The van der Waals surface area contributed by atoms with Crippen LogP contribution in [0.2, 0.25) is 0 Å². The van der Waals surface area contributed by atoms with Gasteiger partial charge in [-0.15, -0.1) is 6.58 Å². The van der Waals surface area contributed by atoms with Gasteiger partial charge in [0.15, 0.2) is 17.2 Å². The summed E-state index contributed by atoms with van der Waals surface area (Å²) in [5.41, 5.74) is 2.28. The van der Waals surface area contributed by atoms with Crippen LogP contribution >= 0.6 is 12.2 Å². The number of hydrogen-bond donors (Lipinski definition) is 3. The highest BCUT2D eigenvalue weighted by Crippen LogP contribution is 2.17. The minimum absolute atomic E-state index is 0.123. The largest absolute Gasteiger partial charge is 0.361 e. The Kier molecular flexibility index (Phi) is 5.04. The van der Waals surface area contributed by atoms with Crippen LogP contribution in [0.3, 0.4) is 0 Å². The van der Waals surface area contributed by atoms with Crippen molar-refractivity contribution in [2.75, 3.05) is 13.1 Å². The molecule has 2 aromatic rings. The van der Waals surface area contributed by atoms with Gasteiger partial charge >= 0.3 is 0 Å². The van der Waals surface area contributed by atoms with Crippen LogP contribution in [0.25, 0.3) is 10.9 Å². The van der Waals surface area contributed by atoms with Gasteiger partial charge in [-0.3, -0.25) is 19.5 Å². The maximum absolute atomic E-state index is 12.4. The molecule has 2 heterocycles. The molecule has 1 fully saturated rings. The van der Waals surface area contributed by atoms with Crippen LogP contribution < -0.4 is 10.3 Å². The number of nitrogens with zero attached hydrogens (tertiary/aromatic N) is 1. The number of H-pyrrole nitrogens is 1. The Hall–Kier alpha value is -2.80. The zero-order chi connectivity index (χ0) is 17.8. The second-order valence-corrected chi connectivity index (χ2v) is 6.13. The van der Waals surface area contributed by atoms with E-state index in [1.54, 1.807) is 6.08 Å². The highest BCUT2D eigenvalue weighted by atomic mass is 32.1. The maximum atomic E-state index is 12.4. The predicted octanol–water partition coefficient (Wildman–Crippen LogP) is -0.0927. The normalized spacial score (nSPS) is 18.2. The van der Waals surface area contributed by atoms with Crippen molar-refractivity contribution in [2.24, 2.45) is 5.92 Å². The summed E-state index contributed by atoms with van der Waals surface area (Å²) in [6.45, 7) is 4.49. The number of aromatic amines is 1. The maximum Gasteiger partial charge on any atom is 0.251 e. The molecule has 3 rings (SSSR count). The van der Waals surface area contributed by atoms with E-state index in [4.69, 9.17) is 12.2 Å². The molecular weight excluding hydrogens is 336 g/mol. The highest BCUT2D eigenvalue weighted by Gasteiger charge is 2.38. The molecule has 1 aromatic heterocycles. The van der Waals surface area contributed by atoms with Crippen molar-refractivity contribution >= 4 is 46.3 Å².